The molecular weight excluding hydrogens is 310 g/mol. The van der Waals surface area contributed by atoms with E-state index in [1.165, 1.54) is 0 Å². The largest absolute Gasteiger partial charge is 0.322 e. The van der Waals surface area contributed by atoms with Gasteiger partial charge in [-0.25, -0.2) is 0 Å². The van der Waals surface area contributed by atoms with Crippen molar-refractivity contribution in [3.63, 3.8) is 0 Å². The van der Waals surface area contributed by atoms with Crippen LogP contribution >= 0.6 is 11.6 Å². The number of fused-ring (bicyclic) bond motifs is 1. The predicted octanol–water partition coefficient (Wildman–Crippen LogP) is 4.24. The first-order chi connectivity index (χ1) is 11.2. The van der Waals surface area contributed by atoms with Gasteiger partial charge in [0.2, 0.25) is 5.56 Å². The zero-order valence-corrected chi connectivity index (χ0v) is 12.8. The van der Waals surface area contributed by atoms with Crippen molar-refractivity contribution in [2.24, 2.45) is 0 Å². The number of nitrogens with one attached hydrogen (secondary N) is 2. The van der Waals surface area contributed by atoms with Crippen LogP contribution in [-0.4, -0.2) is 15.2 Å². The molecule has 112 valence electrons. The third-order valence-electron chi connectivity index (χ3n) is 3.75. The van der Waals surface area contributed by atoms with Gasteiger partial charge in [0.25, 0.3) is 0 Å². The van der Waals surface area contributed by atoms with Gasteiger partial charge >= 0.3 is 0 Å². The molecule has 0 atom stereocenters. The van der Waals surface area contributed by atoms with Crippen molar-refractivity contribution in [3.05, 3.63) is 76.2 Å². The van der Waals surface area contributed by atoms with Gasteiger partial charge in [-0.15, -0.1) is 0 Å². The maximum Gasteiger partial charge on any atom is 0.249 e. The van der Waals surface area contributed by atoms with Gasteiger partial charge in [-0.2, -0.15) is 5.10 Å². The second-order valence-corrected chi connectivity index (χ2v) is 5.77. The van der Waals surface area contributed by atoms with Crippen LogP contribution in [0.1, 0.15) is 0 Å². The molecule has 5 heteroatoms. The van der Waals surface area contributed by atoms with Crippen LogP contribution in [0.5, 0.6) is 0 Å². The molecule has 4 nitrogen and oxygen atoms in total. The molecule has 0 saturated heterocycles. The molecule has 2 aromatic carbocycles. The highest BCUT2D eigenvalue weighted by molar-refractivity contribution is 6.30. The third kappa shape index (κ3) is 2.64. The highest BCUT2D eigenvalue weighted by Gasteiger charge is 2.06. The summed E-state index contributed by atoms with van der Waals surface area (Å²) < 4.78 is 0. The fourth-order valence-electron chi connectivity index (χ4n) is 2.64. The Morgan fingerprint density at radius 1 is 0.913 bits per heavy atom. The summed E-state index contributed by atoms with van der Waals surface area (Å²) in [6.07, 6.45) is 1.77. The minimum Gasteiger partial charge on any atom is -0.322 e. The van der Waals surface area contributed by atoms with Gasteiger partial charge in [-0.3, -0.25) is 9.89 Å². The lowest BCUT2D eigenvalue weighted by Gasteiger charge is -2.06. The number of pyridine rings is 1. The fourth-order valence-corrected chi connectivity index (χ4v) is 2.83. The Balaban J connectivity index is 1.87. The van der Waals surface area contributed by atoms with Gasteiger partial charge in [-0.05, 0) is 47.0 Å². The molecule has 0 radical (unpaired) electrons. The summed E-state index contributed by atoms with van der Waals surface area (Å²) in [6, 6.07) is 16.9. The quantitative estimate of drug-likeness (QED) is 0.580. The Hall–Kier alpha value is -2.85. The number of hydrogen-bond acceptors (Lipinski definition) is 2. The smallest absolute Gasteiger partial charge is 0.249 e. The van der Waals surface area contributed by atoms with Crippen LogP contribution in [0, 0.1) is 0 Å². The topological polar surface area (TPSA) is 61.5 Å². The van der Waals surface area contributed by atoms with Gasteiger partial charge in [0.15, 0.2) is 0 Å². The molecule has 4 rings (SSSR count). The maximum absolute atomic E-state index is 12.0. The predicted molar refractivity (Wildman–Crippen MR) is 92.6 cm³/mol. The molecule has 0 aliphatic carbocycles. The molecule has 2 N–H and O–H groups in total. The van der Waals surface area contributed by atoms with Gasteiger partial charge in [0.05, 0.1) is 11.7 Å². The Kier molecular flexibility index (Phi) is 3.24. The van der Waals surface area contributed by atoms with E-state index in [9.17, 15) is 4.79 Å². The first-order valence-electron chi connectivity index (χ1n) is 7.13. The second kappa shape index (κ2) is 5.41. The monoisotopic (exact) mass is 321 g/mol. The molecule has 4 aromatic rings. The minimum atomic E-state index is -0.148. The molecule has 0 saturated carbocycles. The number of aromatic amines is 2. The van der Waals surface area contributed by atoms with E-state index in [2.05, 4.69) is 15.2 Å². The lowest BCUT2D eigenvalue weighted by molar-refractivity contribution is 1.12. The maximum atomic E-state index is 12.0. The first-order valence-corrected chi connectivity index (χ1v) is 7.51. The SMILES string of the molecule is O=c1cc(-c2ccc3[nH]ncc3c2)cc(-c2cccc(Cl)c2)[nH]1. The number of rotatable bonds is 2. The van der Waals surface area contributed by atoms with Crippen molar-refractivity contribution in [1.82, 2.24) is 15.2 Å². The van der Waals surface area contributed by atoms with E-state index in [0.717, 1.165) is 33.3 Å². The average Bonchev–Trinajstić information content (AvgIpc) is 3.02. The summed E-state index contributed by atoms with van der Waals surface area (Å²) in [7, 11) is 0. The van der Waals surface area contributed by atoms with Crippen LogP contribution in [0.4, 0.5) is 0 Å². The summed E-state index contributed by atoms with van der Waals surface area (Å²) in [5, 5.41) is 8.58. The lowest BCUT2D eigenvalue weighted by Crippen LogP contribution is -2.05. The molecule has 0 fully saturated rings. The number of benzene rings is 2. The van der Waals surface area contributed by atoms with E-state index in [1.54, 1.807) is 18.3 Å². The lowest BCUT2D eigenvalue weighted by atomic mass is 10.0. The molecule has 2 aromatic heterocycles. The normalized spacial score (nSPS) is 11.0. The summed E-state index contributed by atoms with van der Waals surface area (Å²) in [5.41, 5.74) is 4.25. The molecule has 0 unspecified atom stereocenters. The Bertz CT molecular complexity index is 1070. The highest BCUT2D eigenvalue weighted by atomic mass is 35.5. The van der Waals surface area contributed by atoms with Crippen molar-refractivity contribution in [2.45, 2.75) is 0 Å². The first kappa shape index (κ1) is 13.8. The van der Waals surface area contributed by atoms with Crippen molar-refractivity contribution < 1.29 is 0 Å². The van der Waals surface area contributed by atoms with Crippen molar-refractivity contribution in [1.29, 1.82) is 0 Å². The number of nitrogens with zero attached hydrogens (tertiary/aromatic N) is 1. The van der Waals surface area contributed by atoms with Crippen molar-refractivity contribution in [2.75, 3.05) is 0 Å². The molecule has 2 heterocycles. The van der Waals surface area contributed by atoms with Gasteiger partial charge in [0.1, 0.15) is 0 Å². The zero-order chi connectivity index (χ0) is 15.8. The number of hydrogen-bond donors (Lipinski definition) is 2. The van der Waals surface area contributed by atoms with E-state index >= 15 is 0 Å². The summed E-state index contributed by atoms with van der Waals surface area (Å²) in [4.78, 5) is 14.9. The Labute approximate surface area is 136 Å². The van der Waals surface area contributed by atoms with Crippen LogP contribution in [0.3, 0.4) is 0 Å². The molecule has 0 spiro atoms. The molecule has 0 aliphatic rings. The van der Waals surface area contributed by atoms with E-state index in [1.807, 2.05) is 42.5 Å². The number of H-pyrrole nitrogens is 2. The third-order valence-corrected chi connectivity index (χ3v) is 3.99. The molecule has 0 aliphatic heterocycles. The van der Waals surface area contributed by atoms with Crippen molar-refractivity contribution >= 4 is 22.5 Å². The van der Waals surface area contributed by atoms with Crippen LogP contribution < -0.4 is 5.56 Å². The van der Waals surface area contributed by atoms with E-state index < -0.39 is 0 Å². The molecule has 0 amide bonds. The van der Waals surface area contributed by atoms with Crippen LogP contribution in [0.25, 0.3) is 33.3 Å². The van der Waals surface area contributed by atoms with Gasteiger partial charge < -0.3 is 4.98 Å². The summed E-state index contributed by atoms with van der Waals surface area (Å²) in [6.45, 7) is 0. The molecular formula is C18H12ClN3O. The molecule has 23 heavy (non-hydrogen) atoms. The number of halogens is 1. The average molecular weight is 322 g/mol. The van der Waals surface area contributed by atoms with Crippen LogP contribution in [0.2, 0.25) is 5.02 Å². The van der Waals surface area contributed by atoms with E-state index in [-0.39, 0.29) is 5.56 Å². The van der Waals surface area contributed by atoms with Gasteiger partial charge in [-0.1, -0.05) is 29.8 Å². The highest BCUT2D eigenvalue weighted by Crippen LogP contribution is 2.26. The summed E-state index contributed by atoms with van der Waals surface area (Å²) >= 11 is 6.04. The van der Waals surface area contributed by atoms with E-state index in [4.69, 9.17) is 11.6 Å². The Morgan fingerprint density at radius 3 is 2.70 bits per heavy atom. The number of aromatic nitrogens is 3. The standard InChI is InChI=1S/C18H12ClN3O/c19-15-3-1-2-12(7-15)17-8-13(9-18(23)21-17)11-4-5-16-14(6-11)10-20-22-16/h1-10H,(H,20,22)(H,21,23). The second-order valence-electron chi connectivity index (χ2n) is 5.33. The van der Waals surface area contributed by atoms with Crippen LogP contribution in [0.15, 0.2) is 65.6 Å². The Morgan fingerprint density at radius 2 is 1.83 bits per heavy atom. The van der Waals surface area contributed by atoms with E-state index in [0.29, 0.717) is 5.02 Å². The summed E-state index contributed by atoms with van der Waals surface area (Å²) in [5.74, 6) is 0. The van der Waals surface area contributed by atoms with Crippen LogP contribution in [-0.2, 0) is 0 Å². The fraction of sp³-hybridized carbons (Fsp3) is 0. The minimum absolute atomic E-state index is 0.148. The van der Waals surface area contributed by atoms with Crippen molar-refractivity contribution in [3.8, 4) is 22.4 Å². The van der Waals surface area contributed by atoms with Gasteiger partial charge in [0, 0.05) is 22.2 Å². The zero-order valence-electron chi connectivity index (χ0n) is 12.0. The molecule has 0 bridgehead atoms.